The van der Waals surface area contributed by atoms with E-state index >= 15 is 0 Å². The van der Waals surface area contributed by atoms with Crippen LogP contribution in [0.1, 0.15) is 36.8 Å². The lowest BCUT2D eigenvalue weighted by atomic mass is 10.1. The maximum Gasteiger partial charge on any atom is 0.232 e. The van der Waals surface area contributed by atoms with Gasteiger partial charge in [0.15, 0.2) is 0 Å². The predicted molar refractivity (Wildman–Crippen MR) is 71.3 cm³/mol. The van der Waals surface area contributed by atoms with Crippen molar-refractivity contribution in [3.63, 3.8) is 0 Å². The highest BCUT2D eigenvalue weighted by Gasteiger charge is 2.12. The van der Waals surface area contributed by atoms with Crippen LogP contribution < -0.4 is 0 Å². The number of aromatic amines is 1. The molecule has 0 spiro atoms. The van der Waals surface area contributed by atoms with E-state index in [1.807, 2.05) is 38.1 Å². The highest BCUT2D eigenvalue weighted by atomic mass is 79.9. The number of nitrogens with zero attached hydrogens (tertiary/aromatic N) is 1. The topological polar surface area (TPSA) is 48.9 Å². The summed E-state index contributed by atoms with van der Waals surface area (Å²) in [5.41, 5.74) is 1.95. The molecule has 0 unspecified atom stereocenters. The van der Waals surface area contributed by atoms with Crippen molar-refractivity contribution in [2.45, 2.75) is 26.2 Å². The quantitative estimate of drug-likeness (QED) is 0.909. The molecule has 0 fully saturated rings. The summed E-state index contributed by atoms with van der Waals surface area (Å²) < 4.78 is 1.06. The summed E-state index contributed by atoms with van der Waals surface area (Å²) in [6, 6.07) is 8.01. The van der Waals surface area contributed by atoms with Crippen molar-refractivity contribution < 1.29 is 5.11 Å². The van der Waals surface area contributed by atoms with Gasteiger partial charge in [-0.1, -0.05) is 48.0 Å². The number of H-pyrrole nitrogens is 1. The van der Waals surface area contributed by atoms with E-state index in [1.54, 1.807) is 0 Å². The number of benzene rings is 1. The minimum atomic E-state index is 0.113. The van der Waals surface area contributed by atoms with Crippen molar-refractivity contribution in [1.29, 1.82) is 0 Å². The zero-order chi connectivity index (χ0) is 12.4. The summed E-state index contributed by atoms with van der Waals surface area (Å²) in [5, 5.41) is 9.70. The molecule has 17 heavy (non-hydrogen) atoms. The van der Waals surface area contributed by atoms with Gasteiger partial charge in [-0.15, -0.1) is 0 Å². The van der Waals surface area contributed by atoms with Gasteiger partial charge in [0, 0.05) is 10.9 Å². The highest BCUT2D eigenvalue weighted by Crippen LogP contribution is 2.24. The molecule has 1 aromatic heterocycles. The van der Waals surface area contributed by atoms with Crippen LogP contribution in [0, 0.1) is 0 Å². The smallest absolute Gasteiger partial charge is 0.232 e. The van der Waals surface area contributed by atoms with Crippen LogP contribution in [0.2, 0.25) is 0 Å². The second-order valence-corrected chi connectivity index (χ2v) is 5.20. The van der Waals surface area contributed by atoms with Crippen molar-refractivity contribution in [2.24, 2.45) is 0 Å². The molecule has 1 heterocycles. The van der Waals surface area contributed by atoms with Crippen LogP contribution in [0.5, 0.6) is 5.88 Å². The Kier molecular flexibility index (Phi) is 3.52. The van der Waals surface area contributed by atoms with Gasteiger partial charge in [0.1, 0.15) is 5.82 Å². The molecule has 2 aromatic rings. The van der Waals surface area contributed by atoms with Gasteiger partial charge in [-0.2, -0.15) is 4.98 Å². The van der Waals surface area contributed by atoms with Crippen molar-refractivity contribution in [2.75, 3.05) is 0 Å². The molecule has 0 atom stereocenters. The molecule has 2 N–H and O–H groups in total. The molecule has 0 saturated heterocycles. The van der Waals surface area contributed by atoms with E-state index in [9.17, 15) is 5.11 Å². The molecule has 0 aliphatic rings. The molecule has 3 nitrogen and oxygen atoms in total. The van der Waals surface area contributed by atoms with Crippen molar-refractivity contribution in [1.82, 2.24) is 9.97 Å². The fourth-order valence-electron chi connectivity index (χ4n) is 1.74. The predicted octanol–water partition coefficient (Wildman–Crippen LogP) is 3.59. The molecule has 0 bridgehead atoms. The molecule has 4 heteroatoms. The van der Waals surface area contributed by atoms with Crippen LogP contribution in [0.3, 0.4) is 0 Å². The number of imidazole rings is 1. The SMILES string of the molecule is CC(C)c1[nH]c(Cc2ccccc2Br)nc1O. The Morgan fingerprint density at radius 3 is 2.65 bits per heavy atom. The van der Waals surface area contributed by atoms with Crippen LogP contribution in [0.4, 0.5) is 0 Å². The first-order valence-corrected chi connectivity index (χ1v) is 6.38. The van der Waals surface area contributed by atoms with E-state index < -0.39 is 0 Å². The van der Waals surface area contributed by atoms with Crippen molar-refractivity contribution >= 4 is 15.9 Å². The summed E-state index contributed by atoms with van der Waals surface area (Å²) >= 11 is 3.50. The zero-order valence-corrected chi connectivity index (χ0v) is 11.5. The first-order valence-electron chi connectivity index (χ1n) is 5.59. The van der Waals surface area contributed by atoms with E-state index in [2.05, 4.69) is 25.9 Å². The number of aromatic nitrogens is 2. The summed E-state index contributed by atoms with van der Waals surface area (Å²) in [5.74, 6) is 1.15. The van der Waals surface area contributed by atoms with E-state index in [0.717, 1.165) is 21.6 Å². The molecule has 2 rings (SSSR count). The molecule has 0 aliphatic carbocycles. The Labute approximate surface area is 109 Å². The number of hydrogen-bond donors (Lipinski definition) is 2. The summed E-state index contributed by atoms with van der Waals surface area (Å²) in [6.45, 7) is 4.05. The fourth-order valence-corrected chi connectivity index (χ4v) is 2.16. The van der Waals surface area contributed by atoms with Crippen LogP contribution >= 0.6 is 15.9 Å². The van der Waals surface area contributed by atoms with Crippen LogP contribution in [0.25, 0.3) is 0 Å². The van der Waals surface area contributed by atoms with Gasteiger partial charge in [0.25, 0.3) is 0 Å². The first kappa shape index (κ1) is 12.2. The highest BCUT2D eigenvalue weighted by molar-refractivity contribution is 9.10. The van der Waals surface area contributed by atoms with Crippen LogP contribution in [-0.4, -0.2) is 15.1 Å². The summed E-state index contributed by atoms with van der Waals surface area (Å²) in [6.07, 6.45) is 0.682. The van der Waals surface area contributed by atoms with Gasteiger partial charge in [-0.25, -0.2) is 0 Å². The number of hydrogen-bond acceptors (Lipinski definition) is 2. The molecule has 0 radical (unpaired) electrons. The average Bonchev–Trinajstić information content (AvgIpc) is 2.63. The zero-order valence-electron chi connectivity index (χ0n) is 9.87. The third-order valence-corrected chi connectivity index (χ3v) is 3.43. The average molecular weight is 295 g/mol. The van der Waals surface area contributed by atoms with Gasteiger partial charge in [0.2, 0.25) is 5.88 Å². The van der Waals surface area contributed by atoms with Crippen LogP contribution in [-0.2, 0) is 6.42 Å². The maximum atomic E-state index is 9.70. The van der Waals surface area contributed by atoms with Crippen molar-refractivity contribution in [3.05, 3.63) is 45.8 Å². The molecule has 0 amide bonds. The Balaban J connectivity index is 2.25. The number of nitrogens with one attached hydrogen (secondary N) is 1. The normalized spacial score (nSPS) is 11.1. The lowest BCUT2D eigenvalue weighted by molar-refractivity contribution is 0.445. The van der Waals surface area contributed by atoms with Gasteiger partial charge < -0.3 is 10.1 Å². The van der Waals surface area contributed by atoms with E-state index in [1.165, 1.54) is 0 Å². The molecule has 1 aromatic carbocycles. The maximum absolute atomic E-state index is 9.70. The van der Waals surface area contributed by atoms with E-state index in [0.29, 0.717) is 6.42 Å². The van der Waals surface area contributed by atoms with Gasteiger partial charge in [-0.3, -0.25) is 0 Å². The third kappa shape index (κ3) is 2.69. The minimum Gasteiger partial charge on any atom is -0.492 e. The second kappa shape index (κ2) is 4.92. The van der Waals surface area contributed by atoms with E-state index in [-0.39, 0.29) is 11.8 Å². The minimum absolute atomic E-state index is 0.113. The largest absolute Gasteiger partial charge is 0.492 e. The molecule has 0 saturated carbocycles. The first-order chi connectivity index (χ1) is 8.08. The third-order valence-electron chi connectivity index (χ3n) is 2.65. The molecule has 0 aliphatic heterocycles. The lowest BCUT2D eigenvalue weighted by Crippen LogP contribution is -1.93. The number of halogens is 1. The Morgan fingerprint density at radius 1 is 1.35 bits per heavy atom. The number of rotatable bonds is 3. The van der Waals surface area contributed by atoms with E-state index in [4.69, 9.17) is 0 Å². The number of aromatic hydroxyl groups is 1. The molecular formula is C13H15BrN2O. The van der Waals surface area contributed by atoms with Gasteiger partial charge in [-0.05, 0) is 17.5 Å². The molecule has 90 valence electrons. The fraction of sp³-hybridized carbons (Fsp3) is 0.308. The second-order valence-electron chi connectivity index (χ2n) is 4.34. The van der Waals surface area contributed by atoms with Gasteiger partial charge in [0.05, 0.1) is 5.69 Å². The molecular weight excluding hydrogens is 280 g/mol. The van der Waals surface area contributed by atoms with Gasteiger partial charge >= 0.3 is 0 Å². The lowest BCUT2D eigenvalue weighted by Gasteiger charge is -2.02. The standard InChI is InChI=1S/C13H15BrN2O/c1-8(2)12-13(17)16-11(15-12)7-9-5-3-4-6-10(9)14/h3-6,8,17H,7H2,1-2H3,(H,15,16). The van der Waals surface area contributed by atoms with Crippen LogP contribution in [0.15, 0.2) is 28.7 Å². The summed E-state index contributed by atoms with van der Waals surface area (Å²) in [4.78, 5) is 7.32. The Morgan fingerprint density at radius 2 is 2.06 bits per heavy atom. The Hall–Kier alpha value is -1.29. The van der Waals surface area contributed by atoms with Crippen molar-refractivity contribution in [3.8, 4) is 5.88 Å². The monoisotopic (exact) mass is 294 g/mol. The summed E-state index contributed by atoms with van der Waals surface area (Å²) in [7, 11) is 0. The Bertz CT molecular complexity index is 520.